The Hall–Kier alpha value is -3.16. The summed E-state index contributed by atoms with van der Waals surface area (Å²) < 4.78 is 90.4. The lowest BCUT2D eigenvalue weighted by atomic mass is 9.71. The minimum absolute atomic E-state index is 0.131. The summed E-state index contributed by atoms with van der Waals surface area (Å²) >= 11 is 0. The molecule has 2 aromatic rings. The van der Waals surface area contributed by atoms with E-state index in [1.54, 1.807) is 13.8 Å². The molecule has 2 saturated heterocycles. The fourth-order valence-electron chi connectivity index (χ4n) is 5.52. The van der Waals surface area contributed by atoms with E-state index in [0.29, 0.717) is 19.6 Å². The molecule has 2 aromatic carbocycles. The number of nitrogens with two attached hydrogens (primary N) is 1. The minimum atomic E-state index is -4.90. The molecule has 238 valence electrons. The third-order valence-electron chi connectivity index (χ3n) is 7.77. The van der Waals surface area contributed by atoms with Gasteiger partial charge in [-0.3, -0.25) is 4.90 Å². The molecule has 7 nitrogen and oxygen atoms in total. The quantitative estimate of drug-likeness (QED) is 0.198. The molecule has 0 radical (unpaired) electrons. The van der Waals surface area contributed by atoms with Gasteiger partial charge in [-0.15, -0.1) is 0 Å². The van der Waals surface area contributed by atoms with Crippen LogP contribution in [0.3, 0.4) is 0 Å². The zero-order chi connectivity index (χ0) is 31.9. The first-order chi connectivity index (χ1) is 20.1. The van der Waals surface area contributed by atoms with Crippen LogP contribution in [0.2, 0.25) is 0 Å². The van der Waals surface area contributed by atoms with Crippen molar-refractivity contribution in [3.05, 3.63) is 70.8 Å². The Kier molecular flexibility index (Phi) is 11.2. The van der Waals surface area contributed by atoms with E-state index in [0.717, 1.165) is 43.5 Å². The first-order valence-corrected chi connectivity index (χ1v) is 14.0. The number of hydrazone groups is 1. The van der Waals surface area contributed by atoms with Gasteiger partial charge in [-0.25, -0.2) is 10.2 Å². The lowest BCUT2D eigenvalue weighted by Gasteiger charge is -2.56. The Bertz CT molecular complexity index is 1210. The van der Waals surface area contributed by atoms with Crippen LogP contribution in [0.1, 0.15) is 74.8 Å². The van der Waals surface area contributed by atoms with Gasteiger partial charge in [0, 0.05) is 18.3 Å². The van der Waals surface area contributed by atoms with E-state index >= 15 is 0 Å². The van der Waals surface area contributed by atoms with E-state index in [1.807, 2.05) is 30.3 Å². The number of carbonyl (C=O) groups excluding carboxylic acids is 1. The van der Waals surface area contributed by atoms with Crippen molar-refractivity contribution in [3.8, 4) is 0 Å². The van der Waals surface area contributed by atoms with Crippen LogP contribution in [0, 0.1) is 0 Å². The zero-order valence-corrected chi connectivity index (χ0v) is 24.4. The van der Waals surface area contributed by atoms with E-state index < -0.39 is 41.2 Å². The number of ether oxygens (including phenoxy) is 2. The van der Waals surface area contributed by atoms with Crippen LogP contribution >= 0.6 is 0 Å². The van der Waals surface area contributed by atoms with Gasteiger partial charge in [0.2, 0.25) is 0 Å². The summed E-state index contributed by atoms with van der Waals surface area (Å²) in [7, 11) is 0. The summed E-state index contributed by atoms with van der Waals surface area (Å²) in [5.41, 5.74) is 6.04. The molecule has 0 aliphatic carbocycles. The van der Waals surface area contributed by atoms with Crippen molar-refractivity contribution >= 4 is 12.3 Å². The van der Waals surface area contributed by atoms with Gasteiger partial charge in [0.05, 0.1) is 36.0 Å². The Morgan fingerprint density at radius 2 is 1.70 bits per heavy atom. The Balaban J connectivity index is 0.000000489. The molecule has 0 spiro atoms. The lowest BCUT2D eigenvalue weighted by Crippen LogP contribution is -2.66. The monoisotopic (exact) mass is 616 g/mol. The molecule has 2 fully saturated rings. The fraction of sp³-hybridized carbons (Fsp3) is 0.533. The van der Waals surface area contributed by atoms with Crippen LogP contribution in [-0.4, -0.2) is 49.0 Å². The predicted octanol–water partition coefficient (Wildman–Crippen LogP) is 7.02. The molecule has 0 aromatic heterocycles. The highest BCUT2D eigenvalue weighted by atomic mass is 19.4. The van der Waals surface area contributed by atoms with Crippen LogP contribution in [0.15, 0.2) is 53.6 Å². The second-order valence-corrected chi connectivity index (χ2v) is 10.8. The van der Waals surface area contributed by atoms with Gasteiger partial charge < -0.3 is 15.2 Å². The number of carbonyl (C=O) groups is 1. The van der Waals surface area contributed by atoms with Gasteiger partial charge in [-0.05, 0) is 82.3 Å². The first-order valence-electron chi connectivity index (χ1n) is 14.0. The van der Waals surface area contributed by atoms with E-state index in [1.165, 1.54) is 13.1 Å². The van der Waals surface area contributed by atoms with Gasteiger partial charge >= 0.3 is 18.4 Å². The van der Waals surface area contributed by atoms with Crippen molar-refractivity contribution < 1.29 is 40.6 Å². The van der Waals surface area contributed by atoms with Crippen molar-refractivity contribution in [3.63, 3.8) is 0 Å². The molecule has 2 aliphatic rings. The molecule has 2 bridgehead atoms. The van der Waals surface area contributed by atoms with Gasteiger partial charge in [0.15, 0.2) is 0 Å². The number of rotatable bonds is 7. The number of piperidine rings is 2. The molecule has 2 heterocycles. The van der Waals surface area contributed by atoms with Crippen molar-refractivity contribution in [2.45, 2.75) is 76.0 Å². The van der Waals surface area contributed by atoms with Crippen LogP contribution in [-0.2, 0) is 27.4 Å². The van der Waals surface area contributed by atoms with Crippen molar-refractivity contribution in [1.29, 1.82) is 0 Å². The number of benzene rings is 2. The minimum Gasteiger partial charge on any atom is -0.449 e. The average Bonchev–Trinajstić information content (AvgIpc) is 2.95. The molecule has 3 N–H and O–H groups in total. The summed E-state index contributed by atoms with van der Waals surface area (Å²) in [5.74, 6) is 0. The summed E-state index contributed by atoms with van der Waals surface area (Å²) in [6.45, 7) is 6.88. The third kappa shape index (κ3) is 8.93. The summed E-state index contributed by atoms with van der Waals surface area (Å²) in [5, 5.41) is 3.44. The largest absolute Gasteiger partial charge is 0.449 e. The SMILES string of the molecule is C/C=N\NC(=O)OCC.C[C@@H](OC[C@@]1(c2ccccc2)CC[C@@]2(N)CCCN1C2)c1cc(C(F)(F)F)cc(C(F)(F)F)c1. The van der Waals surface area contributed by atoms with Gasteiger partial charge in [0.1, 0.15) is 0 Å². The maximum Gasteiger partial charge on any atom is 0.427 e. The van der Waals surface area contributed by atoms with Gasteiger partial charge in [0.25, 0.3) is 0 Å². The van der Waals surface area contributed by atoms with E-state index in [4.69, 9.17) is 10.5 Å². The molecule has 4 rings (SSSR count). The lowest BCUT2D eigenvalue weighted by molar-refractivity contribution is -0.143. The summed E-state index contributed by atoms with van der Waals surface area (Å²) in [6, 6.07) is 11.3. The number of amides is 1. The molecule has 43 heavy (non-hydrogen) atoms. The van der Waals surface area contributed by atoms with Crippen LogP contribution in [0.4, 0.5) is 31.1 Å². The molecule has 2 aliphatic heterocycles. The predicted molar refractivity (Wildman–Crippen MR) is 150 cm³/mol. The van der Waals surface area contributed by atoms with E-state index in [-0.39, 0.29) is 23.8 Å². The highest BCUT2D eigenvalue weighted by Crippen LogP contribution is 2.45. The fourth-order valence-corrected chi connectivity index (χ4v) is 5.52. The number of fused-ring (bicyclic) bond motifs is 2. The van der Waals surface area contributed by atoms with E-state index in [9.17, 15) is 31.1 Å². The molecule has 1 unspecified atom stereocenters. The zero-order valence-electron chi connectivity index (χ0n) is 24.4. The Labute approximate surface area is 247 Å². The first kappa shape index (κ1) is 34.3. The number of alkyl halides is 6. The number of hydrogen-bond acceptors (Lipinski definition) is 6. The Morgan fingerprint density at radius 1 is 1.07 bits per heavy atom. The molecular formula is C30H38F6N4O3. The molecule has 1 amide bonds. The van der Waals surface area contributed by atoms with E-state index in [2.05, 4.69) is 20.2 Å². The summed E-state index contributed by atoms with van der Waals surface area (Å²) in [6.07, 6.45) is -6.52. The van der Waals surface area contributed by atoms with Crippen molar-refractivity contribution in [2.75, 3.05) is 26.3 Å². The van der Waals surface area contributed by atoms with Crippen LogP contribution < -0.4 is 11.2 Å². The van der Waals surface area contributed by atoms with Crippen LogP contribution in [0.5, 0.6) is 0 Å². The average molecular weight is 617 g/mol. The highest BCUT2D eigenvalue weighted by molar-refractivity contribution is 5.68. The third-order valence-corrected chi connectivity index (χ3v) is 7.77. The smallest absolute Gasteiger partial charge is 0.427 e. The molecular weight excluding hydrogens is 578 g/mol. The number of nitrogens with zero attached hydrogens (tertiary/aromatic N) is 2. The van der Waals surface area contributed by atoms with Gasteiger partial charge in [-0.1, -0.05) is 30.3 Å². The molecule has 13 heteroatoms. The van der Waals surface area contributed by atoms with Crippen molar-refractivity contribution in [2.24, 2.45) is 10.8 Å². The second-order valence-electron chi connectivity index (χ2n) is 10.8. The molecule has 0 saturated carbocycles. The number of hydrogen-bond donors (Lipinski definition) is 2. The molecule has 4 atom stereocenters. The number of nitrogens with one attached hydrogen (secondary N) is 1. The van der Waals surface area contributed by atoms with Crippen molar-refractivity contribution in [1.82, 2.24) is 10.3 Å². The van der Waals surface area contributed by atoms with Gasteiger partial charge in [-0.2, -0.15) is 31.4 Å². The maximum atomic E-state index is 13.3. The standard InChI is InChI=1S/C25H28F6N2O.C5H10N2O2/c1-17(18-12-20(24(26,27)28)14-21(13-18)25(29,30)31)34-16-23(19-6-3-2-4-7-19)10-9-22(32)8-5-11-33(23)15-22;1-3-6-7-5(8)9-4-2/h2-4,6-7,12-14,17H,5,8-11,15-16,32H2,1H3;3H,4H2,1-2H3,(H,7,8)/b;6-3-/t17-,22+,23-;/m1./s1. The summed E-state index contributed by atoms with van der Waals surface area (Å²) in [4.78, 5) is 12.6. The highest BCUT2D eigenvalue weighted by Gasteiger charge is 2.49. The topological polar surface area (TPSA) is 89.2 Å². The normalized spacial score (nSPS) is 24.6. The second kappa shape index (κ2) is 14.1. The van der Waals surface area contributed by atoms with Crippen LogP contribution in [0.25, 0.3) is 0 Å². The maximum absolute atomic E-state index is 13.3. The number of halogens is 6. The Morgan fingerprint density at radius 3 is 2.26 bits per heavy atom.